The number of hydrogen-bond acceptors (Lipinski definition) is 7. The van der Waals surface area contributed by atoms with Gasteiger partial charge in [0, 0.05) is 42.6 Å². The molecule has 3 aromatic heterocycles. The predicted octanol–water partition coefficient (Wildman–Crippen LogP) is 2.15. The number of amides is 2. The van der Waals surface area contributed by atoms with E-state index in [0.29, 0.717) is 44.5 Å². The van der Waals surface area contributed by atoms with Gasteiger partial charge in [-0.3, -0.25) is 19.4 Å². The summed E-state index contributed by atoms with van der Waals surface area (Å²) in [5.74, 6) is -0.842. The molecule has 2 unspecified atom stereocenters. The number of aromatic nitrogens is 5. The molecule has 0 bridgehead atoms. The zero-order valence-electron chi connectivity index (χ0n) is 20.4. The number of nitrogens with zero attached hydrogens (tertiary/aromatic N) is 5. The zero-order valence-corrected chi connectivity index (χ0v) is 20.4. The van der Waals surface area contributed by atoms with Crippen LogP contribution >= 0.6 is 0 Å². The number of hydrogen-bond donors (Lipinski definition) is 3. The Morgan fingerprint density at radius 3 is 2.86 bits per heavy atom. The van der Waals surface area contributed by atoms with Gasteiger partial charge >= 0.3 is 0 Å². The Labute approximate surface area is 212 Å². The van der Waals surface area contributed by atoms with E-state index in [1.807, 2.05) is 9.58 Å². The van der Waals surface area contributed by atoms with Crippen LogP contribution in [-0.2, 0) is 17.8 Å². The molecule has 0 radical (unpaired) electrons. The lowest BCUT2D eigenvalue weighted by Gasteiger charge is -2.39. The molecule has 6 rings (SSSR count). The van der Waals surface area contributed by atoms with E-state index in [2.05, 4.69) is 25.6 Å². The molecule has 0 aromatic carbocycles. The maximum absolute atomic E-state index is 14.3. The molecule has 5 heterocycles. The minimum Gasteiger partial charge on any atom is -0.481 e. The maximum atomic E-state index is 14.3. The molecule has 194 valence electrons. The molecule has 3 aliphatic rings. The highest BCUT2D eigenvalue weighted by molar-refractivity contribution is 5.96. The number of nitrogens with one attached hydrogen (secondary N) is 2. The van der Waals surface area contributed by atoms with Gasteiger partial charge in [0.1, 0.15) is 5.69 Å². The van der Waals surface area contributed by atoms with Crippen molar-refractivity contribution in [3.8, 4) is 17.1 Å². The number of fused-ring (bicyclic) bond motifs is 1. The van der Waals surface area contributed by atoms with Crippen LogP contribution in [0.4, 0.5) is 10.1 Å². The van der Waals surface area contributed by atoms with Crippen molar-refractivity contribution >= 4 is 17.5 Å². The van der Waals surface area contributed by atoms with Gasteiger partial charge in [0.25, 0.3) is 5.91 Å². The van der Waals surface area contributed by atoms with Gasteiger partial charge < -0.3 is 20.1 Å². The smallest absolute Gasteiger partial charge is 0.272 e. The second kappa shape index (κ2) is 8.94. The highest BCUT2D eigenvalue weighted by atomic mass is 19.1. The Kier molecular flexibility index (Phi) is 5.70. The quantitative estimate of drug-likeness (QED) is 0.479. The number of halogens is 1. The minimum atomic E-state index is -0.564. The summed E-state index contributed by atoms with van der Waals surface area (Å²) in [6.07, 6.45) is 6.16. The van der Waals surface area contributed by atoms with E-state index in [1.54, 1.807) is 6.20 Å². The molecule has 12 heteroatoms. The van der Waals surface area contributed by atoms with Crippen LogP contribution in [-0.4, -0.2) is 72.1 Å². The van der Waals surface area contributed by atoms with Gasteiger partial charge in [-0.25, -0.2) is 9.37 Å². The van der Waals surface area contributed by atoms with Gasteiger partial charge in [0.15, 0.2) is 5.82 Å². The van der Waals surface area contributed by atoms with E-state index in [9.17, 15) is 19.1 Å². The van der Waals surface area contributed by atoms with E-state index in [-0.39, 0.29) is 46.1 Å². The van der Waals surface area contributed by atoms with Crippen molar-refractivity contribution in [2.75, 3.05) is 19.0 Å². The second-order valence-corrected chi connectivity index (χ2v) is 10.1. The Bertz CT molecular complexity index is 1360. The van der Waals surface area contributed by atoms with Gasteiger partial charge in [0.05, 0.1) is 42.7 Å². The van der Waals surface area contributed by atoms with Crippen molar-refractivity contribution in [2.24, 2.45) is 5.92 Å². The molecular formula is C25H28FN7O4. The number of likely N-dealkylation sites (tertiary alicyclic amines) is 1. The molecular weight excluding hydrogens is 481 g/mol. The number of carbonyl (C=O) groups excluding carboxylic acids is 2. The van der Waals surface area contributed by atoms with E-state index in [4.69, 9.17) is 4.74 Å². The Morgan fingerprint density at radius 1 is 1.24 bits per heavy atom. The largest absolute Gasteiger partial charge is 0.481 e. The fraction of sp³-hybridized carbons (Fsp3) is 0.480. The average molecular weight is 510 g/mol. The number of aromatic amines is 1. The lowest BCUT2D eigenvalue weighted by Crippen LogP contribution is -2.50. The summed E-state index contributed by atoms with van der Waals surface area (Å²) in [4.78, 5) is 32.2. The fourth-order valence-electron chi connectivity index (χ4n) is 5.55. The monoisotopic (exact) mass is 509 g/mol. The highest BCUT2D eigenvalue weighted by Gasteiger charge is 2.54. The van der Waals surface area contributed by atoms with Crippen LogP contribution in [0.25, 0.3) is 11.3 Å². The summed E-state index contributed by atoms with van der Waals surface area (Å²) in [5, 5.41) is 24.3. The van der Waals surface area contributed by atoms with Crippen LogP contribution in [0.3, 0.4) is 0 Å². The Balaban J connectivity index is 1.14. The van der Waals surface area contributed by atoms with Crippen LogP contribution in [0.2, 0.25) is 0 Å². The number of anilines is 1. The molecule has 11 nitrogen and oxygen atoms in total. The Morgan fingerprint density at radius 2 is 2.08 bits per heavy atom. The van der Waals surface area contributed by atoms with E-state index in [1.165, 1.54) is 19.2 Å². The first-order valence-corrected chi connectivity index (χ1v) is 12.5. The summed E-state index contributed by atoms with van der Waals surface area (Å²) in [7, 11) is 1.44. The van der Waals surface area contributed by atoms with Crippen LogP contribution in [0.5, 0.6) is 5.88 Å². The average Bonchev–Trinajstić information content (AvgIpc) is 3.30. The summed E-state index contributed by atoms with van der Waals surface area (Å²) < 4.78 is 21.2. The third-order valence-corrected chi connectivity index (χ3v) is 7.78. The number of aryl methyl sites for hydroxylation is 1. The molecule has 2 aliphatic heterocycles. The number of methoxy groups -OCH3 is 1. The molecule has 1 saturated carbocycles. The first kappa shape index (κ1) is 23.6. The van der Waals surface area contributed by atoms with Crippen molar-refractivity contribution in [3.05, 3.63) is 41.7 Å². The van der Waals surface area contributed by atoms with Crippen LogP contribution < -0.4 is 10.1 Å². The first-order chi connectivity index (χ1) is 17.9. The summed E-state index contributed by atoms with van der Waals surface area (Å²) in [6, 6.07) is 2.97. The highest BCUT2D eigenvalue weighted by Crippen LogP contribution is 2.50. The molecule has 3 N–H and O–H groups in total. The van der Waals surface area contributed by atoms with Crippen molar-refractivity contribution in [1.29, 1.82) is 0 Å². The molecule has 1 aliphatic carbocycles. The number of aliphatic hydroxyl groups is 1. The normalized spacial score (nSPS) is 22.0. The first-order valence-electron chi connectivity index (χ1n) is 12.5. The van der Waals surface area contributed by atoms with E-state index >= 15 is 0 Å². The summed E-state index contributed by atoms with van der Waals surface area (Å²) >= 11 is 0. The molecule has 2 fully saturated rings. The van der Waals surface area contributed by atoms with Crippen LogP contribution in [0, 0.1) is 11.7 Å². The number of carbonyl (C=O) groups is 2. The van der Waals surface area contributed by atoms with Crippen molar-refractivity contribution < 1.29 is 23.8 Å². The van der Waals surface area contributed by atoms with Crippen molar-refractivity contribution in [1.82, 2.24) is 29.9 Å². The van der Waals surface area contributed by atoms with Crippen molar-refractivity contribution in [2.45, 2.75) is 56.7 Å². The SMILES string of the molecule is COc1cc(-c2cc(C(=O)N3CCC(C(=O)Nc4cnn5c4CC(O)CC5)CC34CC4)[nH]n2)c(F)cn1. The topological polar surface area (TPSA) is 138 Å². The van der Waals surface area contributed by atoms with Crippen molar-refractivity contribution in [3.63, 3.8) is 0 Å². The predicted molar refractivity (Wildman–Crippen MR) is 129 cm³/mol. The number of rotatable bonds is 5. The number of aliphatic hydroxyl groups excluding tert-OH is 1. The lowest BCUT2D eigenvalue weighted by molar-refractivity contribution is -0.122. The van der Waals surface area contributed by atoms with E-state index < -0.39 is 11.9 Å². The van der Waals surface area contributed by atoms with Gasteiger partial charge in [-0.1, -0.05) is 0 Å². The van der Waals surface area contributed by atoms with Crippen LogP contribution in [0.1, 0.15) is 48.3 Å². The van der Waals surface area contributed by atoms with Crippen LogP contribution in [0.15, 0.2) is 24.5 Å². The Hall–Kier alpha value is -3.80. The summed E-state index contributed by atoms with van der Waals surface area (Å²) in [6.45, 7) is 1.07. The number of pyridine rings is 1. The molecule has 2 atom stereocenters. The molecule has 2 amide bonds. The standard InChI is InChI=1S/C25H28FN7O4/c1-37-22-9-16(17(26)12-27-22)18-10-19(31-30-18)24(36)32-6-2-14(11-25(32)4-5-25)23(35)29-20-13-28-33-7-3-15(34)8-21(20)33/h9-10,12-15,34H,2-8,11H2,1H3,(H,29,35)(H,30,31). The molecule has 37 heavy (non-hydrogen) atoms. The minimum absolute atomic E-state index is 0.0832. The second-order valence-electron chi connectivity index (χ2n) is 10.1. The zero-order chi connectivity index (χ0) is 25.7. The van der Waals surface area contributed by atoms with E-state index in [0.717, 1.165) is 24.7 Å². The third-order valence-electron chi connectivity index (χ3n) is 7.78. The third kappa shape index (κ3) is 4.24. The van der Waals surface area contributed by atoms with Gasteiger partial charge in [-0.05, 0) is 38.2 Å². The lowest BCUT2D eigenvalue weighted by atomic mass is 9.87. The maximum Gasteiger partial charge on any atom is 0.272 e. The molecule has 3 aromatic rings. The molecule has 1 saturated heterocycles. The van der Waals surface area contributed by atoms with Gasteiger partial charge in [-0.15, -0.1) is 0 Å². The number of piperidine rings is 1. The fourth-order valence-corrected chi connectivity index (χ4v) is 5.55. The van der Waals surface area contributed by atoms with Gasteiger partial charge in [-0.2, -0.15) is 10.2 Å². The molecule has 1 spiro atoms. The summed E-state index contributed by atoms with van der Waals surface area (Å²) in [5.41, 5.74) is 1.88. The van der Waals surface area contributed by atoms with Gasteiger partial charge in [0.2, 0.25) is 11.8 Å². The number of ether oxygens (including phenoxy) is 1. The number of H-pyrrole nitrogens is 1.